The van der Waals surface area contributed by atoms with Gasteiger partial charge in [-0.15, -0.1) is 0 Å². The SMILES string of the molecule is CCN(C(=O)Cc1cccc(Cl)c1)C1COCC1C(=O)O. The van der Waals surface area contributed by atoms with Gasteiger partial charge in [0.1, 0.15) is 5.92 Å². The summed E-state index contributed by atoms with van der Waals surface area (Å²) in [5.74, 6) is -1.69. The van der Waals surface area contributed by atoms with E-state index in [0.29, 0.717) is 11.6 Å². The number of amides is 1. The van der Waals surface area contributed by atoms with Crippen molar-refractivity contribution in [3.8, 4) is 0 Å². The Morgan fingerprint density at radius 2 is 2.19 bits per heavy atom. The van der Waals surface area contributed by atoms with E-state index >= 15 is 0 Å². The Kier molecular flexibility index (Phi) is 5.20. The Morgan fingerprint density at radius 3 is 2.81 bits per heavy atom. The highest BCUT2D eigenvalue weighted by molar-refractivity contribution is 6.30. The number of carboxylic acid groups (broad SMARTS) is 1. The minimum absolute atomic E-state index is 0.110. The zero-order valence-corrected chi connectivity index (χ0v) is 12.5. The van der Waals surface area contributed by atoms with Gasteiger partial charge in [-0.3, -0.25) is 9.59 Å². The fraction of sp³-hybridized carbons (Fsp3) is 0.467. The van der Waals surface area contributed by atoms with Crippen LogP contribution < -0.4 is 0 Å². The van der Waals surface area contributed by atoms with E-state index in [2.05, 4.69) is 0 Å². The van der Waals surface area contributed by atoms with Crippen molar-refractivity contribution in [2.45, 2.75) is 19.4 Å². The van der Waals surface area contributed by atoms with Crippen molar-refractivity contribution in [2.24, 2.45) is 5.92 Å². The molecule has 0 saturated carbocycles. The molecule has 2 rings (SSSR count). The summed E-state index contributed by atoms with van der Waals surface area (Å²) in [7, 11) is 0. The van der Waals surface area contributed by atoms with Crippen molar-refractivity contribution in [1.82, 2.24) is 4.90 Å². The van der Waals surface area contributed by atoms with Gasteiger partial charge < -0.3 is 14.7 Å². The fourth-order valence-electron chi connectivity index (χ4n) is 2.60. The summed E-state index contributed by atoms with van der Waals surface area (Å²) in [5, 5.41) is 9.78. The lowest BCUT2D eigenvalue weighted by molar-refractivity contribution is -0.144. The van der Waals surface area contributed by atoms with Gasteiger partial charge >= 0.3 is 5.97 Å². The number of benzene rings is 1. The van der Waals surface area contributed by atoms with Crippen molar-refractivity contribution in [1.29, 1.82) is 0 Å². The van der Waals surface area contributed by atoms with E-state index in [1.807, 2.05) is 13.0 Å². The van der Waals surface area contributed by atoms with Gasteiger partial charge in [0.15, 0.2) is 0 Å². The molecule has 21 heavy (non-hydrogen) atoms. The van der Waals surface area contributed by atoms with Crippen molar-refractivity contribution in [3.05, 3.63) is 34.9 Å². The molecule has 1 heterocycles. The molecule has 1 N–H and O–H groups in total. The molecule has 1 amide bonds. The van der Waals surface area contributed by atoms with Gasteiger partial charge in [0.25, 0.3) is 0 Å². The minimum atomic E-state index is -0.925. The van der Waals surface area contributed by atoms with Crippen molar-refractivity contribution >= 4 is 23.5 Å². The number of halogens is 1. The predicted octanol–water partition coefficient (Wildman–Crippen LogP) is 1.83. The molecule has 1 aliphatic heterocycles. The zero-order valence-electron chi connectivity index (χ0n) is 11.8. The Balaban J connectivity index is 2.10. The predicted molar refractivity (Wildman–Crippen MR) is 78.3 cm³/mol. The smallest absolute Gasteiger partial charge is 0.311 e. The lowest BCUT2D eigenvalue weighted by atomic mass is 10.0. The topological polar surface area (TPSA) is 66.8 Å². The van der Waals surface area contributed by atoms with Crippen LogP contribution in [0.3, 0.4) is 0 Å². The highest BCUT2D eigenvalue weighted by atomic mass is 35.5. The lowest BCUT2D eigenvalue weighted by Gasteiger charge is -2.29. The van der Waals surface area contributed by atoms with E-state index in [1.165, 1.54) is 0 Å². The van der Waals surface area contributed by atoms with Crippen molar-refractivity contribution in [3.63, 3.8) is 0 Å². The lowest BCUT2D eigenvalue weighted by Crippen LogP contribution is -2.47. The second-order valence-corrected chi connectivity index (χ2v) is 5.47. The number of carboxylic acids is 1. The summed E-state index contributed by atoms with van der Waals surface area (Å²) in [6, 6.07) is 6.71. The van der Waals surface area contributed by atoms with Crippen LogP contribution in [0, 0.1) is 5.92 Å². The molecule has 2 atom stereocenters. The Bertz CT molecular complexity index is 534. The molecular weight excluding hydrogens is 294 g/mol. The number of nitrogens with zero attached hydrogens (tertiary/aromatic N) is 1. The van der Waals surface area contributed by atoms with Crippen LogP contribution in [0.4, 0.5) is 0 Å². The molecule has 1 aromatic rings. The highest BCUT2D eigenvalue weighted by Crippen LogP contribution is 2.21. The number of ether oxygens (including phenoxy) is 1. The van der Waals surface area contributed by atoms with Crippen LogP contribution in [0.2, 0.25) is 5.02 Å². The van der Waals surface area contributed by atoms with Gasteiger partial charge in [-0.1, -0.05) is 23.7 Å². The van der Waals surface area contributed by atoms with Crippen LogP contribution in [0.5, 0.6) is 0 Å². The summed E-state index contributed by atoms with van der Waals surface area (Å²) in [4.78, 5) is 25.3. The first-order valence-corrected chi connectivity index (χ1v) is 7.25. The standard InChI is InChI=1S/C15H18ClNO4/c1-2-17(13-9-21-8-12(13)15(19)20)14(18)7-10-4-3-5-11(16)6-10/h3-6,12-13H,2,7-9H2,1H3,(H,19,20). The molecule has 1 fully saturated rings. The number of hydrogen-bond donors (Lipinski definition) is 1. The number of carbonyl (C=O) groups is 2. The third-order valence-corrected chi connectivity index (χ3v) is 3.91. The second kappa shape index (κ2) is 6.91. The maximum Gasteiger partial charge on any atom is 0.311 e. The highest BCUT2D eigenvalue weighted by Gasteiger charge is 2.39. The molecule has 0 radical (unpaired) electrons. The second-order valence-electron chi connectivity index (χ2n) is 5.04. The molecule has 0 aliphatic carbocycles. The Hall–Kier alpha value is -1.59. The summed E-state index contributed by atoms with van der Waals surface area (Å²) >= 11 is 5.91. The van der Waals surface area contributed by atoms with Crippen LogP contribution in [0.15, 0.2) is 24.3 Å². The molecule has 6 heteroatoms. The molecule has 1 aliphatic rings. The maximum atomic E-state index is 12.4. The van der Waals surface area contributed by atoms with Gasteiger partial charge in [0.2, 0.25) is 5.91 Å². The first kappa shape index (κ1) is 15.8. The van der Waals surface area contributed by atoms with E-state index in [1.54, 1.807) is 23.1 Å². The number of likely N-dealkylation sites (N-methyl/N-ethyl adjacent to an activating group) is 1. The molecule has 0 spiro atoms. The Morgan fingerprint density at radius 1 is 1.43 bits per heavy atom. The maximum absolute atomic E-state index is 12.4. The summed E-state index contributed by atoms with van der Waals surface area (Å²) in [6.07, 6.45) is 0.206. The number of hydrogen-bond acceptors (Lipinski definition) is 3. The van der Waals surface area contributed by atoms with E-state index in [4.69, 9.17) is 16.3 Å². The van der Waals surface area contributed by atoms with Crippen LogP contribution in [0.25, 0.3) is 0 Å². The quantitative estimate of drug-likeness (QED) is 0.901. The minimum Gasteiger partial charge on any atom is -0.481 e. The van der Waals surface area contributed by atoms with Gasteiger partial charge in [-0.25, -0.2) is 0 Å². The van der Waals surface area contributed by atoms with Gasteiger partial charge in [0, 0.05) is 11.6 Å². The van der Waals surface area contributed by atoms with Crippen molar-refractivity contribution in [2.75, 3.05) is 19.8 Å². The first-order chi connectivity index (χ1) is 10.0. The average Bonchev–Trinajstić information content (AvgIpc) is 2.89. The molecule has 1 saturated heterocycles. The van der Waals surface area contributed by atoms with E-state index in [-0.39, 0.29) is 25.5 Å². The van der Waals surface area contributed by atoms with E-state index in [0.717, 1.165) is 5.56 Å². The molecule has 1 aromatic carbocycles. The summed E-state index contributed by atoms with van der Waals surface area (Å²) < 4.78 is 5.24. The first-order valence-electron chi connectivity index (χ1n) is 6.87. The van der Waals surface area contributed by atoms with Gasteiger partial charge in [-0.2, -0.15) is 0 Å². The summed E-state index contributed by atoms with van der Waals surface area (Å²) in [5.41, 5.74) is 0.816. The molecular formula is C15H18ClNO4. The third kappa shape index (κ3) is 3.74. The van der Waals surface area contributed by atoms with Gasteiger partial charge in [-0.05, 0) is 24.6 Å². The van der Waals surface area contributed by atoms with E-state index < -0.39 is 17.9 Å². The van der Waals surface area contributed by atoms with Crippen LogP contribution in [-0.2, 0) is 20.7 Å². The van der Waals surface area contributed by atoms with Gasteiger partial charge in [0.05, 0.1) is 25.7 Å². The monoisotopic (exact) mass is 311 g/mol. The van der Waals surface area contributed by atoms with Crippen LogP contribution in [0.1, 0.15) is 12.5 Å². The third-order valence-electron chi connectivity index (χ3n) is 3.67. The normalized spacial score (nSPS) is 21.2. The largest absolute Gasteiger partial charge is 0.481 e. The molecule has 2 unspecified atom stereocenters. The Labute approximate surface area is 128 Å². The number of rotatable bonds is 5. The van der Waals surface area contributed by atoms with E-state index in [9.17, 15) is 14.7 Å². The van der Waals surface area contributed by atoms with Crippen molar-refractivity contribution < 1.29 is 19.4 Å². The molecule has 114 valence electrons. The average molecular weight is 312 g/mol. The molecule has 0 aromatic heterocycles. The van der Waals surface area contributed by atoms with Crippen LogP contribution in [-0.4, -0.2) is 47.7 Å². The molecule has 0 bridgehead atoms. The van der Waals surface area contributed by atoms with Crippen LogP contribution >= 0.6 is 11.6 Å². The number of carbonyl (C=O) groups excluding carboxylic acids is 1. The summed E-state index contributed by atoms with van der Waals surface area (Å²) in [6.45, 7) is 2.72. The molecule has 5 nitrogen and oxygen atoms in total. The number of aliphatic carboxylic acids is 1. The fourth-order valence-corrected chi connectivity index (χ4v) is 2.82. The zero-order chi connectivity index (χ0) is 15.4.